The van der Waals surface area contributed by atoms with Gasteiger partial charge < -0.3 is 5.32 Å². The molecule has 0 aromatic rings. The van der Waals surface area contributed by atoms with Gasteiger partial charge in [-0.05, 0) is 52.6 Å². The molecule has 1 aliphatic rings. The van der Waals surface area contributed by atoms with Crippen molar-refractivity contribution >= 4 is 0 Å². The topological polar surface area (TPSA) is 15.3 Å². The van der Waals surface area contributed by atoms with Gasteiger partial charge in [-0.25, -0.2) is 0 Å². The first-order chi connectivity index (χ1) is 6.69. The minimum Gasteiger partial charge on any atom is -0.315 e. The summed E-state index contributed by atoms with van der Waals surface area (Å²) >= 11 is 0. The fourth-order valence-electron chi connectivity index (χ4n) is 2.07. The van der Waals surface area contributed by atoms with Crippen molar-refractivity contribution in [2.24, 2.45) is 5.92 Å². The molecular formula is C12H26N2. The van der Waals surface area contributed by atoms with Crippen LogP contribution in [-0.4, -0.2) is 37.1 Å². The zero-order valence-corrected chi connectivity index (χ0v) is 10.2. The van der Waals surface area contributed by atoms with Crippen LogP contribution >= 0.6 is 0 Å². The summed E-state index contributed by atoms with van der Waals surface area (Å²) in [5.41, 5.74) is 0. The Kier molecular flexibility index (Phi) is 4.90. The predicted molar refractivity (Wildman–Crippen MR) is 62.6 cm³/mol. The Morgan fingerprint density at radius 1 is 1.36 bits per heavy atom. The van der Waals surface area contributed by atoms with Crippen molar-refractivity contribution in [2.75, 3.05) is 20.1 Å². The highest BCUT2D eigenvalue weighted by Gasteiger charge is 2.31. The first-order valence-electron chi connectivity index (χ1n) is 6.10. The molecule has 0 amide bonds. The van der Waals surface area contributed by atoms with Gasteiger partial charge in [0.1, 0.15) is 0 Å². The van der Waals surface area contributed by atoms with Gasteiger partial charge in [-0.1, -0.05) is 6.92 Å². The fourth-order valence-corrected chi connectivity index (χ4v) is 2.07. The van der Waals surface area contributed by atoms with Crippen molar-refractivity contribution in [3.05, 3.63) is 0 Å². The molecule has 14 heavy (non-hydrogen) atoms. The molecule has 1 aliphatic carbocycles. The van der Waals surface area contributed by atoms with E-state index in [1.165, 1.54) is 32.4 Å². The van der Waals surface area contributed by atoms with Crippen LogP contribution in [0.2, 0.25) is 0 Å². The average Bonchev–Trinajstić information content (AvgIpc) is 2.95. The molecular weight excluding hydrogens is 172 g/mol. The lowest BCUT2D eigenvalue weighted by atomic mass is 10.1. The maximum Gasteiger partial charge on any atom is 0.0220 e. The minimum atomic E-state index is 0.685. The van der Waals surface area contributed by atoms with Gasteiger partial charge in [0.05, 0.1) is 0 Å². The number of nitrogens with zero attached hydrogens (tertiary/aromatic N) is 1. The molecule has 1 rings (SSSR count). The molecule has 0 aromatic carbocycles. The van der Waals surface area contributed by atoms with Crippen LogP contribution in [0.3, 0.4) is 0 Å². The SMILES string of the molecule is CCCN(CC(NC)C1CC1)C(C)C. The molecule has 2 nitrogen and oxygen atoms in total. The van der Waals surface area contributed by atoms with Crippen molar-refractivity contribution < 1.29 is 0 Å². The summed E-state index contributed by atoms with van der Waals surface area (Å²) in [4.78, 5) is 2.60. The molecule has 0 saturated heterocycles. The standard InChI is InChI=1S/C12H26N2/c1-5-8-14(10(2)3)9-12(13-4)11-6-7-11/h10-13H,5-9H2,1-4H3. The summed E-state index contributed by atoms with van der Waals surface area (Å²) in [6.45, 7) is 9.33. The zero-order valence-electron chi connectivity index (χ0n) is 10.2. The molecule has 1 saturated carbocycles. The van der Waals surface area contributed by atoms with Crippen molar-refractivity contribution in [3.8, 4) is 0 Å². The Balaban J connectivity index is 2.35. The van der Waals surface area contributed by atoms with E-state index >= 15 is 0 Å². The second kappa shape index (κ2) is 5.72. The molecule has 0 bridgehead atoms. The second-order valence-corrected chi connectivity index (χ2v) is 4.82. The fraction of sp³-hybridized carbons (Fsp3) is 1.00. The molecule has 1 N–H and O–H groups in total. The Bertz CT molecular complexity index is 152. The van der Waals surface area contributed by atoms with Crippen LogP contribution in [0.25, 0.3) is 0 Å². The van der Waals surface area contributed by atoms with E-state index in [1.54, 1.807) is 0 Å². The quantitative estimate of drug-likeness (QED) is 0.674. The van der Waals surface area contributed by atoms with E-state index in [9.17, 15) is 0 Å². The van der Waals surface area contributed by atoms with Crippen LogP contribution < -0.4 is 5.32 Å². The molecule has 0 heterocycles. The number of nitrogens with one attached hydrogen (secondary N) is 1. The smallest absolute Gasteiger partial charge is 0.0220 e. The monoisotopic (exact) mass is 198 g/mol. The summed E-state index contributed by atoms with van der Waals surface area (Å²) in [5, 5.41) is 3.47. The normalized spacial score (nSPS) is 19.3. The lowest BCUT2D eigenvalue weighted by Gasteiger charge is -2.30. The third-order valence-corrected chi connectivity index (χ3v) is 3.23. The molecule has 2 heteroatoms. The number of hydrogen-bond acceptors (Lipinski definition) is 2. The Hall–Kier alpha value is -0.0800. The zero-order chi connectivity index (χ0) is 10.6. The van der Waals surface area contributed by atoms with Crippen LogP contribution in [0.15, 0.2) is 0 Å². The van der Waals surface area contributed by atoms with E-state index < -0.39 is 0 Å². The predicted octanol–water partition coefficient (Wildman–Crippen LogP) is 2.10. The Labute approximate surface area is 89.1 Å². The molecule has 0 radical (unpaired) electrons. The highest BCUT2D eigenvalue weighted by Crippen LogP contribution is 2.32. The number of rotatable bonds is 7. The number of hydrogen-bond donors (Lipinski definition) is 1. The van der Waals surface area contributed by atoms with Crippen molar-refractivity contribution in [2.45, 2.75) is 52.1 Å². The van der Waals surface area contributed by atoms with Gasteiger partial charge in [0.15, 0.2) is 0 Å². The molecule has 1 fully saturated rings. The maximum atomic E-state index is 3.47. The van der Waals surface area contributed by atoms with Crippen molar-refractivity contribution in [1.29, 1.82) is 0 Å². The van der Waals surface area contributed by atoms with Gasteiger partial charge in [-0.2, -0.15) is 0 Å². The van der Waals surface area contributed by atoms with E-state index in [2.05, 4.69) is 38.0 Å². The van der Waals surface area contributed by atoms with Crippen LogP contribution in [0.4, 0.5) is 0 Å². The van der Waals surface area contributed by atoms with Gasteiger partial charge in [0.2, 0.25) is 0 Å². The summed E-state index contributed by atoms with van der Waals surface area (Å²) in [7, 11) is 2.10. The van der Waals surface area contributed by atoms with Crippen LogP contribution in [0.1, 0.15) is 40.0 Å². The lowest BCUT2D eigenvalue weighted by molar-refractivity contribution is 0.192. The molecule has 1 unspecified atom stereocenters. The first-order valence-corrected chi connectivity index (χ1v) is 6.10. The molecule has 0 aromatic heterocycles. The van der Waals surface area contributed by atoms with Gasteiger partial charge in [-0.3, -0.25) is 4.90 Å². The van der Waals surface area contributed by atoms with E-state index in [-0.39, 0.29) is 0 Å². The maximum absolute atomic E-state index is 3.47. The van der Waals surface area contributed by atoms with Gasteiger partial charge in [0.25, 0.3) is 0 Å². The third kappa shape index (κ3) is 3.58. The van der Waals surface area contributed by atoms with Crippen LogP contribution in [-0.2, 0) is 0 Å². The summed E-state index contributed by atoms with van der Waals surface area (Å²) in [6.07, 6.45) is 4.13. The van der Waals surface area contributed by atoms with E-state index in [0.29, 0.717) is 6.04 Å². The van der Waals surface area contributed by atoms with E-state index in [0.717, 1.165) is 12.0 Å². The molecule has 1 atom stereocenters. The average molecular weight is 198 g/mol. The van der Waals surface area contributed by atoms with Crippen molar-refractivity contribution in [3.63, 3.8) is 0 Å². The van der Waals surface area contributed by atoms with E-state index in [1.807, 2.05) is 0 Å². The minimum absolute atomic E-state index is 0.685. The molecule has 0 aliphatic heterocycles. The lowest BCUT2D eigenvalue weighted by Crippen LogP contribution is -2.44. The second-order valence-electron chi connectivity index (χ2n) is 4.82. The van der Waals surface area contributed by atoms with Crippen molar-refractivity contribution in [1.82, 2.24) is 10.2 Å². The molecule has 0 spiro atoms. The summed E-state index contributed by atoms with van der Waals surface area (Å²) in [5.74, 6) is 0.957. The summed E-state index contributed by atoms with van der Waals surface area (Å²) in [6, 6.07) is 1.41. The van der Waals surface area contributed by atoms with Crippen LogP contribution in [0.5, 0.6) is 0 Å². The Morgan fingerprint density at radius 3 is 2.36 bits per heavy atom. The van der Waals surface area contributed by atoms with Gasteiger partial charge in [-0.15, -0.1) is 0 Å². The third-order valence-electron chi connectivity index (χ3n) is 3.23. The Morgan fingerprint density at radius 2 is 2.00 bits per heavy atom. The van der Waals surface area contributed by atoms with Gasteiger partial charge >= 0.3 is 0 Å². The number of likely N-dealkylation sites (N-methyl/N-ethyl adjacent to an activating group) is 1. The molecule has 84 valence electrons. The largest absolute Gasteiger partial charge is 0.315 e. The van der Waals surface area contributed by atoms with Crippen LogP contribution in [0, 0.1) is 5.92 Å². The first kappa shape index (κ1) is 12.0. The highest BCUT2D eigenvalue weighted by molar-refractivity contribution is 4.88. The summed E-state index contributed by atoms with van der Waals surface area (Å²) < 4.78 is 0. The highest BCUT2D eigenvalue weighted by atomic mass is 15.2. The van der Waals surface area contributed by atoms with Gasteiger partial charge in [0, 0.05) is 18.6 Å². The van der Waals surface area contributed by atoms with E-state index in [4.69, 9.17) is 0 Å².